The Labute approximate surface area is 113 Å². The molecule has 0 unspecified atom stereocenters. The minimum atomic E-state index is -4.73. The van der Waals surface area contributed by atoms with Crippen molar-refractivity contribution in [3.63, 3.8) is 0 Å². The van der Waals surface area contributed by atoms with Gasteiger partial charge in [0.25, 0.3) is 0 Å². The highest BCUT2D eigenvalue weighted by Gasteiger charge is 2.36. The van der Waals surface area contributed by atoms with E-state index in [-0.39, 0.29) is 0 Å². The highest BCUT2D eigenvalue weighted by atomic mass is 19.4. The Bertz CT molecular complexity index is 562. The first-order valence-corrected chi connectivity index (χ1v) is 5.47. The Morgan fingerprint density at radius 3 is 2.20 bits per heavy atom. The van der Waals surface area contributed by atoms with Crippen LogP contribution in [0.5, 0.6) is 0 Å². The number of carboxylic acid groups (broad SMARTS) is 1. The Morgan fingerprint density at radius 1 is 1.20 bits per heavy atom. The van der Waals surface area contributed by atoms with Crippen molar-refractivity contribution in [2.24, 2.45) is 0 Å². The number of rotatable bonds is 4. The molecule has 1 rings (SSSR count). The Kier molecular flexibility index (Phi) is 4.54. The standard InChI is InChI=1S/C13H12F3NO3/c1-17(2)7-9(12(19)20)11(18)8-5-3-4-6-10(8)13(14,15)16/h3-7H,1-2H3,(H,19,20)/b9-7+. The minimum Gasteiger partial charge on any atom is -0.477 e. The number of halogens is 3. The molecule has 0 bridgehead atoms. The molecule has 20 heavy (non-hydrogen) atoms. The van der Waals surface area contributed by atoms with Crippen LogP contribution in [0.15, 0.2) is 36.0 Å². The molecule has 0 spiro atoms. The van der Waals surface area contributed by atoms with Crippen LogP contribution in [0.3, 0.4) is 0 Å². The quantitative estimate of drug-likeness (QED) is 0.400. The summed E-state index contributed by atoms with van der Waals surface area (Å²) in [6.07, 6.45) is -3.76. The van der Waals surface area contributed by atoms with Crippen LogP contribution in [-0.4, -0.2) is 35.9 Å². The molecule has 0 aromatic heterocycles. The van der Waals surface area contributed by atoms with Crippen LogP contribution < -0.4 is 0 Å². The van der Waals surface area contributed by atoms with E-state index in [1.807, 2.05) is 0 Å². The van der Waals surface area contributed by atoms with E-state index in [0.29, 0.717) is 0 Å². The first-order valence-electron chi connectivity index (χ1n) is 5.47. The molecular weight excluding hydrogens is 275 g/mol. The molecule has 0 amide bonds. The first-order chi connectivity index (χ1) is 9.14. The van der Waals surface area contributed by atoms with Crippen LogP contribution in [0.2, 0.25) is 0 Å². The molecule has 0 aliphatic heterocycles. The van der Waals surface area contributed by atoms with E-state index in [9.17, 15) is 22.8 Å². The number of carboxylic acids is 1. The van der Waals surface area contributed by atoms with E-state index in [0.717, 1.165) is 24.4 Å². The van der Waals surface area contributed by atoms with E-state index in [1.54, 1.807) is 0 Å². The lowest BCUT2D eigenvalue weighted by molar-refractivity contribution is -0.138. The van der Waals surface area contributed by atoms with Gasteiger partial charge in [-0.25, -0.2) is 4.79 Å². The number of ketones is 1. The van der Waals surface area contributed by atoms with Crippen molar-refractivity contribution >= 4 is 11.8 Å². The largest absolute Gasteiger partial charge is 0.477 e. The fourth-order valence-corrected chi connectivity index (χ4v) is 1.54. The van der Waals surface area contributed by atoms with Gasteiger partial charge in [0.05, 0.1) is 5.56 Å². The summed E-state index contributed by atoms with van der Waals surface area (Å²) in [6.45, 7) is 0. The van der Waals surface area contributed by atoms with Crippen LogP contribution >= 0.6 is 0 Å². The number of Topliss-reactive ketones (excluding diaryl/α,β-unsaturated/α-hetero) is 1. The average Bonchev–Trinajstić information content (AvgIpc) is 2.33. The Balaban J connectivity index is 3.38. The molecular formula is C13H12F3NO3. The van der Waals surface area contributed by atoms with Gasteiger partial charge in [0.1, 0.15) is 5.57 Å². The third-order valence-electron chi connectivity index (χ3n) is 2.34. The lowest BCUT2D eigenvalue weighted by Gasteiger charge is -2.13. The number of nitrogens with zero attached hydrogens (tertiary/aromatic N) is 1. The minimum absolute atomic E-state index is 0.685. The molecule has 0 atom stereocenters. The van der Waals surface area contributed by atoms with Gasteiger partial charge in [0, 0.05) is 25.9 Å². The second kappa shape index (κ2) is 5.77. The number of carbonyl (C=O) groups is 2. The summed E-state index contributed by atoms with van der Waals surface area (Å²) >= 11 is 0. The molecule has 0 saturated heterocycles. The van der Waals surface area contributed by atoms with E-state index < -0.39 is 34.6 Å². The van der Waals surface area contributed by atoms with Crippen LogP contribution in [-0.2, 0) is 11.0 Å². The molecule has 0 aliphatic carbocycles. The lowest BCUT2D eigenvalue weighted by atomic mass is 9.98. The normalized spacial score (nSPS) is 12.2. The van der Waals surface area contributed by atoms with Gasteiger partial charge < -0.3 is 10.0 Å². The molecule has 0 aliphatic rings. The van der Waals surface area contributed by atoms with Crippen LogP contribution in [0.1, 0.15) is 15.9 Å². The number of aliphatic carboxylic acids is 1. The average molecular weight is 287 g/mol. The van der Waals surface area contributed by atoms with Crippen molar-refractivity contribution in [3.8, 4) is 0 Å². The molecule has 0 fully saturated rings. The Hall–Kier alpha value is -2.31. The Morgan fingerprint density at radius 2 is 1.75 bits per heavy atom. The van der Waals surface area contributed by atoms with Gasteiger partial charge in [-0.15, -0.1) is 0 Å². The first kappa shape index (κ1) is 15.7. The number of benzene rings is 1. The van der Waals surface area contributed by atoms with Gasteiger partial charge in [-0.1, -0.05) is 18.2 Å². The zero-order chi connectivity index (χ0) is 15.5. The molecule has 4 nitrogen and oxygen atoms in total. The third kappa shape index (κ3) is 3.59. The zero-order valence-corrected chi connectivity index (χ0v) is 10.7. The van der Waals surface area contributed by atoms with Crippen LogP contribution in [0.25, 0.3) is 0 Å². The van der Waals surface area contributed by atoms with Crippen molar-refractivity contribution in [2.75, 3.05) is 14.1 Å². The number of hydrogen-bond acceptors (Lipinski definition) is 3. The molecule has 0 heterocycles. The van der Waals surface area contributed by atoms with E-state index in [1.165, 1.54) is 25.1 Å². The van der Waals surface area contributed by atoms with Crippen molar-refractivity contribution < 1.29 is 27.9 Å². The summed E-state index contributed by atoms with van der Waals surface area (Å²) in [5.41, 5.74) is -2.57. The maximum absolute atomic E-state index is 12.8. The third-order valence-corrected chi connectivity index (χ3v) is 2.34. The summed E-state index contributed by atoms with van der Waals surface area (Å²) in [6, 6.07) is 4.08. The summed E-state index contributed by atoms with van der Waals surface area (Å²) in [5.74, 6) is -2.76. The maximum Gasteiger partial charge on any atom is 0.417 e. The SMILES string of the molecule is CN(C)/C=C(/C(=O)O)C(=O)c1ccccc1C(F)(F)F. The number of hydrogen-bond donors (Lipinski definition) is 1. The van der Waals surface area contributed by atoms with Crippen molar-refractivity contribution in [2.45, 2.75) is 6.18 Å². The fourth-order valence-electron chi connectivity index (χ4n) is 1.54. The molecule has 108 valence electrons. The van der Waals surface area contributed by atoms with Gasteiger partial charge in [-0.2, -0.15) is 13.2 Å². The van der Waals surface area contributed by atoms with Crippen molar-refractivity contribution in [3.05, 3.63) is 47.2 Å². The van der Waals surface area contributed by atoms with E-state index in [2.05, 4.69) is 0 Å². The molecule has 1 aromatic carbocycles. The van der Waals surface area contributed by atoms with Crippen molar-refractivity contribution in [1.82, 2.24) is 4.90 Å². The lowest BCUT2D eigenvalue weighted by Crippen LogP contribution is -2.20. The van der Waals surface area contributed by atoms with Gasteiger partial charge in [-0.3, -0.25) is 4.79 Å². The highest BCUT2D eigenvalue weighted by molar-refractivity contribution is 6.24. The van der Waals surface area contributed by atoms with Gasteiger partial charge in [0.15, 0.2) is 0 Å². The van der Waals surface area contributed by atoms with Gasteiger partial charge >= 0.3 is 12.1 Å². The van der Waals surface area contributed by atoms with Crippen LogP contribution in [0, 0.1) is 0 Å². The summed E-state index contributed by atoms with van der Waals surface area (Å²) in [4.78, 5) is 24.3. The molecule has 1 aromatic rings. The molecule has 7 heteroatoms. The second-order valence-electron chi connectivity index (χ2n) is 4.18. The number of alkyl halides is 3. The van der Waals surface area contributed by atoms with Gasteiger partial charge in [0.2, 0.25) is 5.78 Å². The zero-order valence-electron chi connectivity index (χ0n) is 10.7. The molecule has 1 N–H and O–H groups in total. The van der Waals surface area contributed by atoms with E-state index >= 15 is 0 Å². The fraction of sp³-hybridized carbons (Fsp3) is 0.231. The van der Waals surface area contributed by atoms with E-state index in [4.69, 9.17) is 5.11 Å². The maximum atomic E-state index is 12.8. The highest BCUT2D eigenvalue weighted by Crippen LogP contribution is 2.32. The summed E-state index contributed by atoms with van der Waals surface area (Å²) in [5, 5.41) is 8.95. The molecule has 0 saturated carbocycles. The van der Waals surface area contributed by atoms with Gasteiger partial charge in [-0.05, 0) is 6.07 Å². The number of carbonyl (C=O) groups excluding carboxylic acids is 1. The topological polar surface area (TPSA) is 57.6 Å². The molecule has 0 radical (unpaired) electrons. The predicted molar refractivity (Wildman–Crippen MR) is 65.2 cm³/mol. The van der Waals surface area contributed by atoms with Crippen molar-refractivity contribution in [1.29, 1.82) is 0 Å². The monoisotopic (exact) mass is 287 g/mol. The smallest absolute Gasteiger partial charge is 0.417 e. The predicted octanol–water partition coefficient (Wildman–Crippen LogP) is 2.42. The summed E-state index contributed by atoms with van der Waals surface area (Å²) < 4.78 is 38.4. The second-order valence-corrected chi connectivity index (χ2v) is 4.18. The van der Waals surface area contributed by atoms with Crippen LogP contribution in [0.4, 0.5) is 13.2 Å². The summed E-state index contributed by atoms with van der Waals surface area (Å²) in [7, 11) is 2.93.